The van der Waals surface area contributed by atoms with Gasteiger partial charge in [-0.25, -0.2) is 9.97 Å². The highest BCUT2D eigenvalue weighted by molar-refractivity contribution is 7.98. The molecule has 0 unspecified atom stereocenters. The summed E-state index contributed by atoms with van der Waals surface area (Å²) >= 11 is 9.65. The van der Waals surface area contributed by atoms with E-state index in [1.807, 2.05) is 12.1 Å². The number of aromatic nitrogens is 2. The minimum absolute atomic E-state index is 0.544. The van der Waals surface area contributed by atoms with Gasteiger partial charge in [-0.15, -0.1) is 11.3 Å². The van der Waals surface area contributed by atoms with Crippen molar-refractivity contribution >= 4 is 55.0 Å². The zero-order chi connectivity index (χ0) is 15.8. The molecular weight excluding hydrogens is 344 g/mol. The van der Waals surface area contributed by atoms with Crippen LogP contribution in [0.15, 0.2) is 53.7 Å². The highest BCUT2D eigenvalue weighted by atomic mass is 35.5. The van der Waals surface area contributed by atoms with Crippen molar-refractivity contribution in [3.63, 3.8) is 0 Å². The Labute approximate surface area is 147 Å². The van der Waals surface area contributed by atoms with E-state index in [1.165, 1.54) is 15.8 Å². The molecule has 0 atom stereocenters. The van der Waals surface area contributed by atoms with Crippen molar-refractivity contribution in [3.05, 3.63) is 64.8 Å². The summed E-state index contributed by atoms with van der Waals surface area (Å²) in [6.07, 6.45) is 0. The van der Waals surface area contributed by atoms with Crippen LogP contribution >= 0.6 is 34.7 Å². The molecule has 0 aliphatic rings. The molecule has 0 aliphatic heterocycles. The van der Waals surface area contributed by atoms with Gasteiger partial charge in [0.1, 0.15) is 0 Å². The van der Waals surface area contributed by atoms with Crippen LogP contribution in [0.2, 0.25) is 5.15 Å². The predicted octanol–water partition coefficient (Wildman–Crippen LogP) is 6.10. The van der Waals surface area contributed by atoms with Crippen LogP contribution in [0.4, 0.5) is 0 Å². The third-order valence-electron chi connectivity index (χ3n) is 3.65. The first-order valence-corrected chi connectivity index (χ1v) is 9.42. The molecule has 2 aromatic heterocycles. The third kappa shape index (κ3) is 2.94. The maximum absolute atomic E-state index is 6.38. The van der Waals surface area contributed by atoms with Gasteiger partial charge in [-0.3, -0.25) is 0 Å². The van der Waals surface area contributed by atoms with E-state index in [0.29, 0.717) is 5.15 Å². The molecule has 0 N–H and O–H groups in total. The molecule has 0 saturated heterocycles. The van der Waals surface area contributed by atoms with E-state index < -0.39 is 0 Å². The zero-order valence-corrected chi connectivity index (χ0v) is 14.8. The van der Waals surface area contributed by atoms with Gasteiger partial charge < -0.3 is 0 Å². The Morgan fingerprint density at radius 1 is 1.04 bits per heavy atom. The van der Waals surface area contributed by atoms with Crippen LogP contribution in [-0.4, -0.2) is 9.97 Å². The fraction of sp³-hybridized carbons (Fsp3) is 0.111. The Morgan fingerprint density at radius 2 is 1.83 bits per heavy atom. The van der Waals surface area contributed by atoms with Crippen LogP contribution < -0.4 is 0 Å². The first kappa shape index (κ1) is 14.9. The molecule has 0 radical (unpaired) electrons. The number of thioether (sulfide) groups is 1. The molecule has 4 rings (SSSR count). The second-order valence-electron chi connectivity index (χ2n) is 5.35. The monoisotopic (exact) mass is 356 g/mol. The van der Waals surface area contributed by atoms with Gasteiger partial charge in [0.15, 0.2) is 10.3 Å². The van der Waals surface area contributed by atoms with E-state index in [2.05, 4.69) is 48.3 Å². The van der Waals surface area contributed by atoms with E-state index in [0.717, 1.165) is 26.5 Å². The van der Waals surface area contributed by atoms with Crippen LogP contribution in [0.5, 0.6) is 0 Å². The smallest absolute Gasteiger partial charge is 0.189 e. The predicted molar refractivity (Wildman–Crippen MR) is 101 cm³/mol. The molecule has 0 saturated carbocycles. The van der Waals surface area contributed by atoms with Gasteiger partial charge in [0.2, 0.25) is 0 Å². The number of benzene rings is 2. The summed E-state index contributed by atoms with van der Waals surface area (Å²) in [6.45, 7) is 2.09. The average molecular weight is 357 g/mol. The second kappa shape index (κ2) is 6.11. The Morgan fingerprint density at radius 3 is 2.65 bits per heavy atom. The van der Waals surface area contributed by atoms with Crippen molar-refractivity contribution in [3.8, 4) is 0 Å². The molecule has 114 valence electrons. The van der Waals surface area contributed by atoms with Crippen molar-refractivity contribution < 1.29 is 0 Å². The number of nitrogens with zero attached hydrogens (tertiary/aromatic N) is 2. The van der Waals surface area contributed by atoms with Gasteiger partial charge >= 0.3 is 0 Å². The topological polar surface area (TPSA) is 25.8 Å². The summed E-state index contributed by atoms with van der Waals surface area (Å²) in [4.78, 5) is 9.19. The maximum Gasteiger partial charge on any atom is 0.189 e. The third-order valence-corrected chi connectivity index (χ3v) is 6.12. The fourth-order valence-electron chi connectivity index (χ4n) is 2.43. The van der Waals surface area contributed by atoms with E-state index in [-0.39, 0.29) is 0 Å². The first-order chi connectivity index (χ1) is 11.2. The number of rotatable bonds is 3. The van der Waals surface area contributed by atoms with Crippen molar-refractivity contribution in [2.75, 3.05) is 0 Å². The largest absolute Gasteiger partial charge is 0.221 e. The quantitative estimate of drug-likeness (QED) is 0.252. The molecule has 23 heavy (non-hydrogen) atoms. The molecule has 4 aromatic rings. The minimum atomic E-state index is 0.544. The van der Waals surface area contributed by atoms with E-state index >= 15 is 0 Å². The Hall–Kier alpha value is -1.62. The lowest BCUT2D eigenvalue weighted by molar-refractivity contribution is 1.01. The summed E-state index contributed by atoms with van der Waals surface area (Å²) in [6, 6.07) is 16.8. The molecule has 0 amide bonds. The number of thiophene rings is 1. The van der Waals surface area contributed by atoms with Crippen LogP contribution in [0.3, 0.4) is 0 Å². The lowest BCUT2D eigenvalue weighted by Crippen LogP contribution is -1.89. The van der Waals surface area contributed by atoms with Crippen molar-refractivity contribution in [1.29, 1.82) is 0 Å². The number of fused-ring (bicyclic) bond motifs is 3. The molecule has 0 fully saturated rings. The van der Waals surface area contributed by atoms with Crippen LogP contribution in [-0.2, 0) is 5.75 Å². The molecule has 5 heteroatoms. The summed E-state index contributed by atoms with van der Waals surface area (Å²) in [5.41, 5.74) is 3.48. The van der Waals surface area contributed by atoms with E-state index in [1.54, 1.807) is 23.1 Å². The molecule has 2 aromatic carbocycles. The van der Waals surface area contributed by atoms with Crippen molar-refractivity contribution in [2.45, 2.75) is 17.8 Å². The first-order valence-electron chi connectivity index (χ1n) is 7.24. The number of hydrogen-bond acceptors (Lipinski definition) is 4. The van der Waals surface area contributed by atoms with Crippen LogP contribution in [0.1, 0.15) is 11.1 Å². The molecule has 2 heterocycles. The van der Waals surface area contributed by atoms with Gasteiger partial charge in [0.05, 0.1) is 10.2 Å². The highest BCUT2D eigenvalue weighted by Crippen LogP contribution is 2.37. The van der Waals surface area contributed by atoms with Crippen LogP contribution in [0.25, 0.3) is 20.3 Å². The van der Waals surface area contributed by atoms with Gasteiger partial charge in [-0.2, -0.15) is 0 Å². The normalized spacial score (nSPS) is 11.4. The molecule has 2 nitrogen and oxygen atoms in total. The molecule has 0 bridgehead atoms. The minimum Gasteiger partial charge on any atom is -0.221 e. The Bertz CT molecular complexity index is 993. The van der Waals surface area contributed by atoms with Gasteiger partial charge in [-0.1, -0.05) is 71.4 Å². The van der Waals surface area contributed by atoms with Gasteiger partial charge in [-0.05, 0) is 18.6 Å². The Kier molecular flexibility index (Phi) is 3.97. The Balaban J connectivity index is 1.70. The summed E-state index contributed by atoms with van der Waals surface area (Å²) in [5.74, 6) is 0.837. The fourth-order valence-corrected chi connectivity index (χ4v) is 4.59. The lowest BCUT2D eigenvalue weighted by Gasteiger charge is -2.03. The van der Waals surface area contributed by atoms with E-state index in [4.69, 9.17) is 16.6 Å². The average Bonchev–Trinajstić information content (AvgIpc) is 2.94. The van der Waals surface area contributed by atoms with Gasteiger partial charge in [0, 0.05) is 15.8 Å². The SMILES string of the molecule is Cc1ccc(CSc2nc(Cl)c3sc4ccccc4c3n2)cc1. The lowest BCUT2D eigenvalue weighted by atomic mass is 10.2. The number of hydrogen-bond donors (Lipinski definition) is 0. The van der Waals surface area contributed by atoms with Crippen LogP contribution in [0, 0.1) is 6.92 Å². The highest BCUT2D eigenvalue weighted by Gasteiger charge is 2.12. The summed E-state index contributed by atoms with van der Waals surface area (Å²) < 4.78 is 2.16. The standard InChI is InChI=1S/C18H13ClN2S2/c1-11-6-8-12(9-7-11)10-22-18-20-15-13-4-2-3-5-14(13)23-16(15)17(19)21-18/h2-9H,10H2,1H3. The number of halogens is 1. The van der Waals surface area contributed by atoms with E-state index in [9.17, 15) is 0 Å². The molecular formula is C18H13ClN2S2. The van der Waals surface area contributed by atoms with Crippen molar-refractivity contribution in [2.24, 2.45) is 0 Å². The van der Waals surface area contributed by atoms with Crippen molar-refractivity contribution in [1.82, 2.24) is 9.97 Å². The second-order valence-corrected chi connectivity index (χ2v) is 7.70. The van der Waals surface area contributed by atoms with Gasteiger partial charge in [0.25, 0.3) is 0 Å². The maximum atomic E-state index is 6.38. The number of aryl methyl sites for hydroxylation is 1. The zero-order valence-electron chi connectivity index (χ0n) is 12.4. The molecule has 0 spiro atoms. The molecule has 0 aliphatic carbocycles. The summed E-state index contributed by atoms with van der Waals surface area (Å²) in [7, 11) is 0. The summed E-state index contributed by atoms with van der Waals surface area (Å²) in [5, 5.41) is 2.42.